The molecule has 2 N–H and O–H groups in total. The van der Waals surface area contributed by atoms with Crippen molar-refractivity contribution in [1.82, 2.24) is 0 Å². The van der Waals surface area contributed by atoms with Crippen molar-refractivity contribution in [2.75, 3.05) is 5.75 Å². The molecule has 78 valence electrons. The molecule has 0 aliphatic carbocycles. The van der Waals surface area contributed by atoms with Crippen molar-refractivity contribution in [3.8, 4) is 0 Å². The van der Waals surface area contributed by atoms with Gasteiger partial charge in [-0.15, -0.1) is 0 Å². The van der Waals surface area contributed by atoms with Gasteiger partial charge in [0, 0.05) is 16.7 Å². The Kier molecular flexibility index (Phi) is 4.84. The lowest BCUT2D eigenvalue weighted by molar-refractivity contribution is 0.638. The molecule has 3 heteroatoms. The molecule has 0 radical (unpaired) electrons. The highest BCUT2D eigenvalue weighted by molar-refractivity contribution is 7.85. The molecular formula is C11H17NOS. The second kappa shape index (κ2) is 5.94. The topological polar surface area (TPSA) is 43.1 Å². The zero-order valence-corrected chi connectivity index (χ0v) is 9.30. The summed E-state index contributed by atoms with van der Waals surface area (Å²) in [6.07, 6.45) is 1.99. The summed E-state index contributed by atoms with van der Waals surface area (Å²) in [7, 11) is -0.940. The van der Waals surface area contributed by atoms with Gasteiger partial charge in [0.25, 0.3) is 0 Å². The molecule has 0 amide bonds. The highest BCUT2D eigenvalue weighted by atomic mass is 32.2. The molecule has 1 aromatic carbocycles. The third kappa shape index (κ3) is 3.60. The van der Waals surface area contributed by atoms with Crippen LogP contribution < -0.4 is 5.73 Å². The van der Waals surface area contributed by atoms with E-state index in [2.05, 4.69) is 6.92 Å². The standard InChI is InChI=1S/C11H17NOS/c1-2-6-10(12)9-14(13)11-7-4-3-5-8-11/h3-5,7-8,10H,2,6,9,12H2,1H3. The first-order valence-corrected chi connectivity index (χ1v) is 6.25. The molecule has 0 heterocycles. The molecule has 0 aliphatic rings. The van der Waals surface area contributed by atoms with E-state index in [1.165, 1.54) is 0 Å². The monoisotopic (exact) mass is 211 g/mol. The quantitative estimate of drug-likeness (QED) is 0.808. The van der Waals surface area contributed by atoms with Gasteiger partial charge in [-0.2, -0.15) is 0 Å². The molecule has 1 aromatic rings. The Hall–Kier alpha value is -0.670. The van der Waals surface area contributed by atoms with E-state index in [1.807, 2.05) is 30.3 Å². The number of hydrogen-bond acceptors (Lipinski definition) is 2. The molecule has 0 aliphatic heterocycles. The highest BCUT2D eigenvalue weighted by Gasteiger charge is 2.08. The van der Waals surface area contributed by atoms with Gasteiger partial charge in [0.1, 0.15) is 0 Å². The summed E-state index contributed by atoms with van der Waals surface area (Å²) in [4.78, 5) is 0.874. The summed E-state index contributed by atoms with van der Waals surface area (Å²) in [6, 6.07) is 9.55. The summed E-state index contributed by atoms with van der Waals surface area (Å²) in [6.45, 7) is 2.09. The van der Waals surface area contributed by atoms with Crippen LogP contribution >= 0.6 is 0 Å². The van der Waals surface area contributed by atoms with Crippen LogP contribution in [0.25, 0.3) is 0 Å². The maximum absolute atomic E-state index is 11.8. The normalized spacial score (nSPS) is 15.0. The van der Waals surface area contributed by atoms with Gasteiger partial charge in [-0.1, -0.05) is 31.5 Å². The van der Waals surface area contributed by atoms with E-state index >= 15 is 0 Å². The van der Waals surface area contributed by atoms with E-state index in [4.69, 9.17) is 5.73 Å². The predicted octanol–water partition coefficient (Wildman–Crippen LogP) is 1.92. The molecule has 2 nitrogen and oxygen atoms in total. The van der Waals surface area contributed by atoms with Gasteiger partial charge in [-0.3, -0.25) is 4.21 Å². The summed E-state index contributed by atoms with van der Waals surface area (Å²) >= 11 is 0. The van der Waals surface area contributed by atoms with Crippen LogP contribution in [-0.4, -0.2) is 16.0 Å². The number of hydrogen-bond donors (Lipinski definition) is 1. The summed E-state index contributed by atoms with van der Waals surface area (Å²) in [5.41, 5.74) is 5.83. The van der Waals surface area contributed by atoms with Crippen LogP contribution in [0.5, 0.6) is 0 Å². The zero-order valence-electron chi connectivity index (χ0n) is 8.48. The Morgan fingerprint density at radius 2 is 2.00 bits per heavy atom. The van der Waals surface area contributed by atoms with E-state index < -0.39 is 10.8 Å². The highest BCUT2D eigenvalue weighted by Crippen LogP contribution is 2.07. The second-order valence-corrected chi connectivity index (χ2v) is 4.87. The van der Waals surface area contributed by atoms with Crippen LogP contribution in [0.3, 0.4) is 0 Å². The van der Waals surface area contributed by atoms with E-state index in [0.717, 1.165) is 17.7 Å². The Balaban J connectivity index is 2.51. The van der Waals surface area contributed by atoms with Crippen LogP contribution in [0.1, 0.15) is 19.8 Å². The van der Waals surface area contributed by atoms with Crippen LogP contribution in [0.4, 0.5) is 0 Å². The van der Waals surface area contributed by atoms with Gasteiger partial charge < -0.3 is 5.73 Å². The van der Waals surface area contributed by atoms with E-state index in [9.17, 15) is 4.21 Å². The number of rotatable bonds is 5. The average Bonchev–Trinajstić information content (AvgIpc) is 2.19. The molecule has 0 aromatic heterocycles. The largest absolute Gasteiger partial charge is 0.327 e. The van der Waals surface area contributed by atoms with Gasteiger partial charge in [0.15, 0.2) is 0 Å². The fraction of sp³-hybridized carbons (Fsp3) is 0.455. The van der Waals surface area contributed by atoms with Crippen LogP contribution in [0.15, 0.2) is 35.2 Å². The lowest BCUT2D eigenvalue weighted by Gasteiger charge is -2.09. The summed E-state index contributed by atoms with van der Waals surface area (Å²) in [5, 5.41) is 0. The molecule has 0 saturated heterocycles. The molecule has 14 heavy (non-hydrogen) atoms. The molecule has 0 bridgehead atoms. The zero-order chi connectivity index (χ0) is 10.4. The maximum Gasteiger partial charge on any atom is 0.0545 e. The molecule has 0 saturated carbocycles. The first-order valence-electron chi connectivity index (χ1n) is 4.93. The van der Waals surface area contributed by atoms with E-state index in [-0.39, 0.29) is 6.04 Å². The second-order valence-electron chi connectivity index (χ2n) is 3.37. The summed E-state index contributed by atoms with van der Waals surface area (Å²) in [5.74, 6) is 0.567. The maximum atomic E-state index is 11.8. The molecular weight excluding hydrogens is 194 g/mol. The van der Waals surface area contributed by atoms with Crippen molar-refractivity contribution in [3.05, 3.63) is 30.3 Å². The Morgan fingerprint density at radius 3 is 2.57 bits per heavy atom. The van der Waals surface area contributed by atoms with E-state index in [0.29, 0.717) is 5.75 Å². The van der Waals surface area contributed by atoms with Crippen LogP contribution in [0, 0.1) is 0 Å². The first kappa shape index (κ1) is 11.4. The van der Waals surface area contributed by atoms with Crippen molar-refractivity contribution in [1.29, 1.82) is 0 Å². The Bertz CT molecular complexity index is 287. The third-order valence-electron chi connectivity index (χ3n) is 2.03. The third-order valence-corrected chi connectivity index (χ3v) is 3.56. The molecule has 0 fully saturated rings. The van der Waals surface area contributed by atoms with Gasteiger partial charge >= 0.3 is 0 Å². The van der Waals surface area contributed by atoms with Crippen molar-refractivity contribution >= 4 is 10.8 Å². The Morgan fingerprint density at radius 1 is 1.36 bits per heavy atom. The van der Waals surface area contributed by atoms with Gasteiger partial charge in [-0.25, -0.2) is 0 Å². The minimum atomic E-state index is -0.940. The average molecular weight is 211 g/mol. The van der Waals surface area contributed by atoms with Gasteiger partial charge in [-0.05, 0) is 18.6 Å². The van der Waals surface area contributed by atoms with Crippen molar-refractivity contribution in [2.45, 2.75) is 30.7 Å². The minimum Gasteiger partial charge on any atom is -0.327 e. The van der Waals surface area contributed by atoms with Crippen LogP contribution in [-0.2, 0) is 10.8 Å². The van der Waals surface area contributed by atoms with Crippen molar-refractivity contribution in [3.63, 3.8) is 0 Å². The molecule has 0 spiro atoms. The van der Waals surface area contributed by atoms with E-state index in [1.54, 1.807) is 0 Å². The minimum absolute atomic E-state index is 0.0565. The van der Waals surface area contributed by atoms with Crippen molar-refractivity contribution in [2.24, 2.45) is 5.73 Å². The molecule has 2 unspecified atom stereocenters. The number of benzene rings is 1. The van der Waals surface area contributed by atoms with Crippen LogP contribution in [0.2, 0.25) is 0 Å². The lowest BCUT2D eigenvalue weighted by Crippen LogP contribution is -2.26. The number of nitrogens with two attached hydrogens (primary N) is 1. The predicted molar refractivity (Wildman–Crippen MR) is 60.6 cm³/mol. The first-order chi connectivity index (χ1) is 6.74. The van der Waals surface area contributed by atoms with Gasteiger partial charge in [0.2, 0.25) is 0 Å². The fourth-order valence-corrected chi connectivity index (χ4v) is 2.53. The SMILES string of the molecule is CCCC(N)CS(=O)c1ccccc1. The molecule has 2 atom stereocenters. The van der Waals surface area contributed by atoms with Crippen molar-refractivity contribution < 1.29 is 4.21 Å². The lowest BCUT2D eigenvalue weighted by atomic mass is 10.2. The fourth-order valence-electron chi connectivity index (χ4n) is 1.32. The molecule has 1 rings (SSSR count). The Labute approximate surface area is 88.0 Å². The smallest absolute Gasteiger partial charge is 0.0545 e. The van der Waals surface area contributed by atoms with Gasteiger partial charge in [0.05, 0.1) is 10.8 Å². The summed E-state index contributed by atoms with van der Waals surface area (Å²) < 4.78 is 11.8.